The lowest BCUT2D eigenvalue weighted by atomic mass is 9.77. The van der Waals surface area contributed by atoms with Gasteiger partial charge in [0.15, 0.2) is 0 Å². The summed E-state index contributed by atoms with van der Waals surface area (Å²) in [4.78, 5) is 10.6. The van der Waals surface area contributed by atoms with Crippen molar-refractivity contribution in [2.45, 2.75) is 52.2 Å². The molecule has 96 valence electrons. The highest BCUT2D eigenvalue weighted by Gasteiger charge is 2.35. The molecular formula is C13H21NO3. The van der Waals surface area contributed by atoms with Gasteiger partial charge in [-0.1, -0.05) is 32.9 Å². The molecule has 0 aromatic heterocycles. The first kappa shape index (κ1) is 13.9. The highest BCUT2D eigenvalue weighted by Crippen LogP contribution is 2.36. The van der Waals surface area contributed by atoms with Crippen molar-refractivity contribution >= 4 is 0 Å². The van der Waals surface area contributed by atoms with Gasteiger partial charge >= 0.3 is 0 Å². The van der Waals surface area contributed by atoms with E-state index in [1.54, 1.807) is 0 Å². The molecule has 0 heterocycles. The van der Waals surface area contributed by atoms with Gasteiger partial charge in [-0.2, -0.15) is 0 Å². The standard InChI is InChI=1S/C11H15NO3.C2H6/c1-7-5-8-3-2-4-10(12(14)15)9(8)6-11(7)13;1-2/h2-3,7,10-11,13H,4-6H2,1H3;1-2H3. The molecule has 0 saturated heterocycles. The zero-order chi connectivity index (χ0) is 13.0. The number of nitro groups is 1. The van der Waals surface area contributed by atoms with Crippen LogP contribution in [0.5, 0.6) is 0 Å². The number of nitrogens with zero attached hydrogens (tertiary/aromatic N) is 1. The molecule has 2 aliphatic carbocycles. The summed E-state index contributed by atoms with van der Waals surface area (Å²) in [5, 5.41) is 20.6. The van der Waals surface area contributed by atoms with Crippen LogP contribution < -0.4 is 0 Å². The summed E-state index contributed by atoms with van der Waals surface area (Å²) in [5.41, 5.74) is 1.91. The molecule has 1 N–H and O–H groups in total. The number of hydrogen-bond donors (Lipinski definition) is 1. The van der Waals surface area contributed by atoms with E-state index in [0.717, 1.165) is 17.6 Å². The van der Waals surface area contributed by atoms with Crippen LogP contribution in [0.3, 0.4) is 0 Å². The van der Waals surface area contributed by atoms with Gasteiger partial charge in [-0.05, 0) is 17.9 Å². The Kier molecular flexibility index (Phi) is 4.87. The molecule has 0 radical (unpaired) electrons. The lowest BCUT2D eigenvalue weighted by molar-refractivity contribution is -0.512. The number of hydrogen-bond acceptors (Lipinski definition) is 3. The predicted molar refractivity (Wildman–Crippen MR) is 67.3 cm³/mol. The van der Waals surface area contributed by atoms with Gasteiger partial charge in [0.1, 0.15) is 0 Å². The summed E-state index contributed by atoms with van der Waals surface area (Å²) >= 11 is 0. The van der Waals surface area contributed by atoms with E-state index in [9.17, 15) is 15.2 Å². The molecule has 0 saturated carbocycles. The number of rotatable bonds is 1. The Bertz CT molecular complexity index is 347. The van der Waals surface area contributed by atoms with Crippen LogP contribution in [0.25, 0.3) is 0 Å². The van der Waals surface area contributed by atoms with E-state index in [0.29, 0.717) is 12.8 Å². The van der Waals surface area contributed by atoms with Gasteiger partial charge in [-0.15, -0.1) is 0 Å². The maximum absolute atomic E-state index is 10.9. The van der Waals surface area contributed by atoms with E-state index in [2.05, 4.69) is 0 Å². The van der Waals surface area contributed by atoms with Gasteiger partial charge in [0.2, 0.25) is 6.04 Å². The van der Waals surface area contributed by atoms with Gasteiger partial charge in [0.25, 0.3) is 0 Å². The Balaban J connectivity index is 0.000000686. The highest BCUT2D eigenvalue weighted by atomic mass is 16.6. The minimum absolute atomic E-state index is 0.207. The van der Waals surface area contributed by atoms with Crippen LogP contribution in [-0.4, -0.2) is 22.2 Å². The maximum atomic E-state index is 10.9. The van der Waals surface area contributed by atoms with E-state index in [4.69, 9.17) is 0 Å². The van der Waals surface area contributed by atoms with Gasteiger partial charge < -0.3 is 5.11 Å². The summed E-state index contributed by atoms with van der Waals surface area (Å²) in [5.74, 6) is 0.207. The lowest BCUT2D eigenvalue weighted by Crippen LogP contribution is -2.33. The second-order valence-electron chi connectivity index (χ2n) is 4.44. The first-order valence-corrected chi connectivity index (χ1v) is 6.29. The average Bonchev–Trinajstić information content (AvgIpc) is 2.32. The van der Waals surface area contributed by atoms with Crippen LogP contribution in [0.2, 0.25) is 0 Å². The normalized spacial score (nSPS) is 31.4. The molecule has 0 fully saturated rings. The van der Waals surface area contributed by atoms with Crippen molar-refractivity contribution in [2.24, 2.45) is 5.92 Å². The first-order chi connectivity index (χ1) is 8.09. The summed E-state index contributed by atoms with van der Waals surface area (Å²) in [6.07, 6.45) is 5.13. The molecule has 17 heavy (non-hydrogen) atoms. The van der Waals surface area contributed by atoms with Crippen molar-refractivity contribution in [1.29, 1.82) is 0 Å². The summed E-state index contributed by atoms with van der Waals surface area (Å²) in [7, 11) is 0. The van der Waals surface area contributed by atoms with E-state index in [-0.39, 0.29) is 10.8 Å². The van der Waals surface area contributed by atoms with Crippen LogP contribution >= 0.6 is 0 Å². The fraction of sp³-hybridized carbons (Fsp3) is 0.692. The Hall–Kier alpha value is -1.16. The average molecular weight is 239 g/mol. The molecule has 0 aromatic carbocycles. The molecule has 0 aliphatic heterocycles. The lowest BCUT2D eigenvalue weighted by Gasteiger charge is -2.30. The Morgan fingerprint density at radius 3 is 2.65 bits per heavy atom. The third kappa shape index (κ3) is 2.94. The van der Waals surface area contributed by atoms with Crippen LogP contribution in [0, 0.1) is 16.0 Å². The predicted octanol–water partition coefficient (Wildman–Crippen LogP) is 2.71. The third-order valence-electron chi connectivity index (χ3n) is 3.38. The quantitative estimate of drug-likeness (QED) is 0.565. The highest BCUT2D eigenvalue weighted by molar-refractivity contribution is 5.35. The van der Waals surface area contributed by atoms with Crippen LogP contribution in [0.15, 0.2) is 23.3 Å². The molecule has 0 aromatic rings. The van der Waals surface area contributed by atoms with Gasteiger partial charge in [0.05, 0.1) is 6.10 Å². The largest absolute Gasteiger partial charge is 0.393 e. The molecule has 0 bridgehead atoms. The van der Waals surface area contributed by atoms with Crippen molar-refractivity contribution in [3.05, 3.63) is 33.4 Å². The van der Waals surface area contributed by atoms with Gasteiger partial charge in [-0.3, -0.25) is 10.1 Å². The smallest absolute Gasteiger partial charge is 0.238 e. The maximum Gasteiger partial charge on any atom is 0.238 e. The fourth-order valence-corrected chi connectivity index (χ4v) is 2.39. The molecule has 3 unspecified atom stereocenters. The number of aliphatic hydroxyl groups excluding tert-OH is 1. The minimum Gasteiger partial charge on any atom is -0.393 e. The SMILES string of the molecule is CC.CC1CC2=C(CC1O)C([N+](=O)[O-])CC=C2. The van der Waals surface area contributed by atoms with Crippen LogP contribution in [-0.2, 0) is 0 Å². The number of allylic oxidation sites excluding steroid dienone is 2. The zero-order valence-corrected chi connectivity index (χ0v) is 10.7. The Labute approximate surface area is 102 Å². The van der Waals surface area contributed by atoms with Gasteiger partial charge in [-0.25, -0.2) is 0 Å². The van der Waals surface area contributed by atoms with E-state index in [1.807, 2.05) is 32.9 Å². The molecule has 0 spiro atoms. The van der Waals surface area contributed by atoms with Crippen molar-refractivity contribution in [2.75, 3.05) is 0 Å². The summed E-state index contributed by atoms with van der Waals surface area (Å²) in [6, 6.07) is -0.604. The van der Waals surface area contributed by atoms with Crippen molar-refractivity contribution < 1.29 is 10.0 Å². The zero-order valence-electron chi connectivity index (χ0n) is 10.7. The van der Waals surface area contributed by atoms with E-state index >= 15 is 0 Å². The first-order valence-electron chi connectivity index (χ1n) is 6.29. The Morgan fingerprint density at radius 2 is 2.06 bits per heavy atom. The second-order valence-corrected chi connectivity index (χ2v) is 4.44. The molecular weight excluding hydrogens is 218 g/mol. The molecule has 4 nitrogen and oxygen atoms in total. The van der Waals surface area contributed by atoms with Crippen molar-refractivity contribution in [1.82, 2.24) is 0 Å². The molecule has 0 amide bonds. The molecule has 3 atom stereocenters. The topological polar surface area (TPSA) is 63.4 Å². The van der Waals surface area contributed by atoms with Gasteiger partial charge in [0, 0.05) is 23.3 Å². The van der Waals surface area contributed by atoms with Crippen molar-refractivity contribution in [3.8, 4) is 0 Å². The monoisotopic (exact) mass is 239 g/mol. The third-order valence-corrected chi connectivity index (χ3v) is 3.38. The summed E-state index contributed by atoms with van der Waals surface area (Å²) in [6.45, 7) is 5.98. The molecule has 4 heteroatoms. The minimum atomic E-state index is -0.604. The fourth-order valence-electron chi connectivity index (χ4n) is 2.39. The van der Waals surface area contributed by atoms with Crippen molar-refractivity contribution in [3.63, 3.8) is 0 Å². The van der Waals surface area contributed by atoms with Crippen LogP contribution in [0.4, 0.5) is 0 Å². The van der Waals surface area contributed by atoms with Crippen LogP contribution in [0.1, 0.15) is 40.0 Å². The van der Waals surface area contributed by atoms with E-state index < -0.39 is 12.1 Å². The van der Waals surface area contributed by atoms with E-state index in [1.165, 1.54) is 0 Å². The summed E-state index contributed by atoms with van der Waals surface area (Å²) < 4.78 is 0. The Morgan fingerprint density at radius 1 is 1.41 bits per heavy atom. The molecule has 2 rings (SSSR count). The molecule has 2 aliphatic rings. The number of aliphatic hydroxyl groups is 1. The second kappa shape index (κ2) is 5.96.